The van der Waals surface area contributed by atoms with Crippen molar-refractivity contribution in [2.75, 3.05) is 55.5 Å². The Morgan fingerprint density at radius 2 is 0.400 bits per heavy atom. The molecule has 0 heterocycles. The van der Waals surface area contributed by atoms with Crippen molar-refractivity contribution in [2.24, 2.45) is 0 Å². The summed E-state index contributed by atoms with van der Waals surface area (Å²) < 4.78 is 0. The van der Waals surface area contributed by atoms with Crippen molar-refractivity contribution in [3.05, 3.63) is 0 Å². The van der Waals surface area contributed by atoms with Crippen LogP contribution >= 0.6 is 23.8 Å². The molecule has 0 aliphatic rings. The van der Waals surface area contributed by atoms with Crippen LogP contribution < -0.4 is 0 Å². The van der Waals surface area contributed by atoms with Crippen LogP contribution in [0.4, 0.5) is 0 Å². The molecule has 0 rings (SSSR count). The van der Waals surface area contributed by atoms with Gasteiger partial charge in [-0.05, 0) is 57.8 Å². The predicted molar refractivity (Wildman–Crippen MR) is 175 cm³/mol. The minimum absolute atomic E-state index is 0. The van der Waals surface area contributed by atoms with Crippen molar-refractivity contribution in [3.63, 3.8) is 0 Å². The van der Waals surface area contributed by atoms with Gasteiger partial charge in [0.15, 0.2) is 0 Å². The van der Waals surface area contributed by atoms with Gasteiger partial charge in [-0.3, -0.25) is 13.6 Å². The summed E-state index contributed by atoms with van der Waals surface area (Å²) in [7, 11) is 0.308. The number of hydrogen-bond donors (Lipinski definition) is 0. The average Bonchev–Trinajstić information content (AvgIpc) is 2.84. The molecule has 35 heavy (non-hydrogen) atoms. The Labute approximate surface area is 241 Å². The summed E-state index contributed by atoms with van der Waals surface area (Å²) in [6.07, 6.45) is 26.6. The Kier molecular flexibility index (Phi) is 72.9. The van der Waals surface area contributed by atoms with Gasteiger partial charge >= 0.3 is 19.5 Å². The maximum absolute atomic E-state index is 7.75. The van der Waals surface area contributed by atoms with E-state index >= 15 is 0 Å². The molecule has 0 aliphatic heterocycles. The van der Waals surface area contributed by atoms with Gasteiger partial charge in [-0.25, -0.2) is 0 Å². The van der Waals surface area contributed by atoms with Crippen molar-refractivity contribution in [2.45, 2.75) is 120 Å². The molecule has 2 nitrogen and oxygen atoms in total. The van der Waals surface area contributed by atoms with E-state index in [-0.39, 0.29) is 43.2 Å². The maximum atomic E-state index is 7.75. The fourth-order valence-corrected chi connectivity index (χ4v) is 12.9. The van der Waals surface area contributed by atoms with Crippen LogP contribution in [0.5, 0.6) is 0 Å². The summed E-state index contributed by atoms with van der Waals surface area (Å²) in [4.78, 5) is 15.5. The Hall–Kier alpha value is 1.25. The summed E-state index contributed by atoms with van der Waals surface area (Å²) in [6.45, 7) is 27.3. The van der Waals surface area contributed by atoms with Gasteiger partial charge in [0.25, 0.3) is 0 Å². The smallest absolute Gasteiger partial charge is 0.545 e. The minimum atomic E-state index is 0. The van der Waals surface area contributed by atoms with E-state index in [1.807, 2.05) is 0 Å². The van der Waals surface area contributed by atoms with Gasteiger partial charge in [-0.2, -0.15) is 0 Å². The summed E-state index contributed by atoms with van der Waals surface area (Å²) >= 11 is 0. The Balaban J connectivity index is -0.0000000827. The van der Waals surface area contributed by atoms with Crippen molar-refractivity contribution in [1.82, 2.24) is 0 Å². The van der Waals surface area contributed by atoms with Crippen molar-refractivity contribution in [1.29, 1.82) is 0 Å². The van der Waals surface area contributed by atoms with Gasteiger partial charge < -0.3 is 9.59 Å². The van der Waals surface area contributed by atoms with Gasteiger partial charge in [0, 0.05) is 23.8 Å². The van der Waals surface area contributed by atoms with Crippen molar-refractivity contribution in [3.8, 4) is 0 Å². The first-order valence-corrected chi connectivity index (χ1v) is 20.9. The molecule has 0 aromatic carbocycles. The second-order valence-electron chi connectivity index (χ2n) is 9.00. The Bertz CT molecular complexity index is 226. The first kappa shape index (κ1) is 49.2. The van der Waals surface area contributed by atoms with Gasteiger partial charge in [0.1, 0.15) is 0 Å². The molecule has 216 valence electrons. The topological polar surface area (TPSA) is 34.1 Å². The SMILES string of the molecule is CCC[PH+](CCC)CCC.CCC[PH+](CCC)CCC.CCC[PH+](CCC)CCC.[CH-]=O.[CH-]=O.[Ru+2]. The third-order valence-corrected chi connectivity index (χ3v) is 16.3. The normalized spacial score (nSPS) is 9.49. The molecule has 0 amide bonds. The molecule has 0 saturated heterocycles. The van der Waals surface area contributed by atoms with E-state index < -0.39 is 0 Å². The second-order valence-corrected chi connectivity index (χ2v) is 18.0. The number of rotatable bonds is 18. The molecule has 0 spiro atoms. The first-order chi connectivity index (χ1) is 16.5. The molecular weight excluding hydrogens is 574 g/mol. The minimum Gasteiger partial charge on any atom is -0.545 e. The molecule has 0 bridgehead atoms. The molecular formula is C29H68O2P3Ru+3. The second kappa shape index (κ2) is 51.8. The zero-order chi connectivity index (χ0) is 27.5. The Morgan fingerprint density at radius 1 is 0.314 bits per heavy atom. The monoisotopic (exact) mass is 643 g/mol. The largest absolute Gasteiger partial charge is 2.00 e. The molecule has 0 aromatic heterocycles. The maximum Gasteiger partial charge on any atom is 2.00 e. The predicted octanol–water partition coefficient (Wildman–Crippen LogP) is 9.74. The van der Waals surface area contributed by atoms with Gasteiger partial charge in [-0.15, -0.1) is 0 Å². The molecule has 6 heteroatoms. The molecule has 0 atom stereocenters. The van der Waals surface area contributed by atoms with Crippen LogP contribution in [0.1, 0.15) is 120 Å². The van der Waals surface area contributed by atoms with Crippen LogP contribution in [0.3, 0.4) is 0 Å². The van der Waals surface area contributed by atoms with E-state index in [4.69, 9.17) is 9.59 Å². The molecule has 0 N–H and O–H groups in total. The van der Waals surface area contributed by atoms with Crippen molar-refractivity contribution >= 4 is 37.3 Å². The van der Waals surface area contributed by atoms with Gasteiger partial charge in [-0.1, -0.05) is 62.3 Å². The zero-order valence-electron chi connectivity index (χ0n) is 25.6. The molecule has 0 unspecified atom stereocenters. The van der Waals surface area contributed by atoms with Gasteiger partial charge in [0.2, 0.25) is 0 Å². The van der Waals surface area contributed by atoms with Crippen LogP contribution in [0.25, 0.3) is 0 Å². The molecule has 0 saturated carbocycles. The third-order valence-electron chi connectivity index (χ3n) is 5.43. The summed E-state index contributed by atoms with van der Waals surface area (Å²) in [5.74, 6) is 0. The summed E-state index contributed by atoms with van der Waals surface area (Å²) in [5, 5.41) is 0. The van der Waals surface area contributed by atoms with Crippen LogP contribution in [0.15, 0.2) is 0 Å². The average molecular weight is 643 g/mol. The van der Waals surface area contributed by atoms with Crippen LogP contribution in [0, 0.1) is 0 Å². The van der Waals surface area contributed by atoms with E-state index in [0.29, 0.717) is 0 Å². The number of hydrogen-bond acceptors (Lipinski definition) is 2. The Morgan fingerprint density at radius 3 is 0.457 bits per heavy atom. The van der Waals surface area contributed by atoms with Crippen LogP contribution in [0.2, 0.25) is 0 Å². The van der Waals surface area contributed by atoms with Crippen molar-refractivity contribution < 1.29 is 29.1 Å². The fourth-order valence-electron chi connectivity index (χ4n) is 4.31. The van der Waals surface area contributed by atoms with Crippen LogP contribution in [-0.4, -0.2) is 69.0 Å². The molecule has 0 radical (unpaired) electrons. The summed E-state index contributed by atoms with van der Waals surface area (Å²) in [6, 6.07) is 0. The van der Waals surface area contributed by atoms with E-state index in [9.17, 15) is 0 Å². The van der Waals surface area contributed by atoms with E-state index in [1.165, 1.54) is 57.8 Å². The summed E-state index contributed by atoms with van der Waals surface area (Å²) in [5.41, 5.74) is 0. The van der Waals surface area contributed by atoms with E-state index in [2.05, 4.69) is 75.9 Å². The molecule has 0 aliphatic carbocycles. The van der Waals surface area contributed by atoms with Gasteiger partial charge in [0.05, 0.1) is 55.5 Å². The third kappa shape index (κ3) is 48.8. The van der Waals surface area contributed by atoms with E-state index in [0.717, 1.165) is 0 Å². The first-order valence-electron chi connectivity index (χ1n) is 14.5. The molecule has 0 fully saturated rings. The quantitative estimate of drug-likeness (QED) is 0.0646. The zero-order valence-corrected chi connectivity index (χ0v) is 30.3. The van der Waals surface area contributed by atoms with E-state index in [1.54, 1.807) is 55.5 Å². The van der Waals surface area contributed by atoms with Crippen LogP contribution in [-0.2, 0) is 29.1 Å². The fraction of sp³-hybridized carbons (Fsp3) is 0.931. The standard InChI is InChI=1S/3C9H21P.2CHO.Ru/c3*1-4-7-10(8-5-2)9-6-3;2*1-2;/h3*4-9H2,1-3H3;2*1H;/q;;;2*-1;+2/p+3. The molecule has 0 aromatic rings. The number of carbonyl (C=O) groups excluding carboxylic acids is 2.